The van der Waals surface area contributed by atoms with Gasteiger partial charge in [0.05, 0.1) is 5.25 Å². The molecule has 8 heteroatoms. The number of rotatable bonds is 4. The highest BCUT2D eigenvalue weighted by molar-refractivity contribution is 7.93. The van der Waals surface area contributed by atoms with Crippen LogP contribution in [-0.4, -0.2) is 34.9 Å². The molecule has 0 atom stereocenters. The summed E-state index contributed by atoms with van der Waals surface area (Å²) < 4.78 is 26.4. The second kappa shape index (κ2) is 4.97. The summed E-state index contributed by atoms with van der Waals surface area (Å²) in [6.45, 7) is 0. The van der Waals surface area contributed by atoms with E-state index < -0.39 is 21.2 Å². The summed E-state index contributed by atoms with van der Waals surface area (Å²) in [6, 6.07) is 1.17. The summed E-state index contributed by atoms with van der Waals surface area (Å²) in [5, 5.41) is 14.2. The summed E-state index contributed by atoms with van der Waals surface area (Å²) in [7, 11) is -3.47. The molecule has 0 aromatic carbocycles. The molecule has 0 saturated heterocycles. The van der Waals surface area contributed by atoms with E-state index in [0.29, 0.717) is 12.8 Å². The van der Waals surface area contributed by atoms with Gasteiger partial charge >= 0.3 is 5.97 Å². The monoisotopic (exact) mass is 273 g/mol. The molecule has 100 valence electrons. The highest BCUT2D eigenvalue weighted by Gasteiger charge is 2.27. The van der Waals surface area contributed by atoms with E-state index in [1.807, 2.05) is 0 Å². The largest absolute Gasteiger partial charge is 0.477 e. The van der Waals surface area contributed by atoms with Gasteiger partial charge in [-0.25, -0.2) is 13.2 Å². The first-order chi connectivity index (χ1) is 8.49. The fourth-order valence-electron chi connectivity index (χ4n) is 2.09. The zero-order valence-corrected chi connectivity index (χ0v) is 10.5. The number of aromatic carboxylic acids is 1. The summed E-state index contributed by atoms with van der Waals surface area (Å²) in [6.07, 6.45) is 4.17. The topological polar surface area (TPSA) is 112 Å². The lowest BCUT2D eigenvalue weighted by Crippen LogP contribution is -2.29. The molecule has 0 amide bonds. The van der Waals surface area contributed by atoms with E-state index in [1.165, 1.54) is 6.07 Å². The van der Waals surface area contributed by atoms with Crippen molar-refractivity contribution in [1.29, 1.82) is 0 Å². The summed E-state index contributed by atoms with van der Waals surface area (Å²) in [4.78, 5) is 10.6. The highest BCUT2D eigenvalue weighted by atomic mass is 32.2. The van der Waals surface area contributed by atoms with Crippen molar-refractivity contribution in [1.82, 2.24) is 10.2 Å². The molecule has 2 rings (SSSR count). The Morgan fingerprint density at radius 2 is 2.06 bits per heavy atom. The van der Waals surface area contributed by atoms with E-state index in [4.69, 9.17) is 5.11 Å². The molecule has 0 unspecified atom stereocenters. The van der Waals surface area contributed by atoms with E-state index in [2.05, 4.69) is 14.9 Å². The highest BCUT2D eigenvalue weighted by Crippen LogP contribution is 2.24. The maximum atomic E-state index is 12.0. The SMILES string of the molecule is O=C(O)c1cc(NS(=O)(=O)C2CCCCC2)n[nH]1. The minimum Gasteiger partial charge on any atom is -0.477 e. The average molecular weight is 273 g/mol. The van der Waals surface area contributed by atoms with Crippen molar-refractivity contribution in [2.24, 2.45) is 0 Å². The molecule has 1 fully saturated rings. The number of H-pyrrole nitrogens is 1. The molecule has 1 saturated carbocycles. The number of aromatic amines is 1. The van der Waals surface area contributed by atoms with Crippen molar-refractivity contribution >= 4 is 21.8 Å². The zero-order chi connectivity index (χ0) is 13.2. The Balaban J connectivity index is 2.08. The van der Waals surface area contributed by atoms with Crippen molar-refractivity contribution < 1.29 is 18.3 Å². The Morgan fingerprint density at radius 3 is 2.61 bits per heavy atom. The molecule has 7 nitrogen and oxygen atoms in total. The van der Waals surface area contributed by atoms with Crippen molar-refractivity contribution in [3.8, 4) is 0 Å². The number of sulfonamides is 1. The van der Waals surface area contributed by atoms with E-state index in [1.54, 1.807) is 0 Å². The van der Waals surface area contributed by atoms with Gasteiger partial charge in [0.1, 0.15) is 5.69 Å². The lowest BCUT2D eigenvalue weighted by molar-refractivity contribution is 0.0690. The Morgan fingerprint density at radius 1 is 1.39 bits per heavy atom. The van der Waals surface area contributed by atoms with E-state index in [0.717, 1.165) is 19.3 Å². The van der Waals surface area contributed by atoms with Crippen molar-refractivity contribution in [3.05, 3.63) is 11.8 Å². The van der Waals surface area contributed by atoms with Crippen molar-refractivity contribution in [3.63, 3.8) is 0 Å². The summed E-state index contributed by atoms with van der Waals surface area (Å²) in [5.74, 6) is -1.15. The van der Waals surface area contributed by atoms with Gasteiger partial charge < -0.3 is 5.11 Å². The van der Waals surface area contributed by atoms with Crippen LogP contribution in [0.1, 0.15) is 42.6 Å². The quantitative estimate of drug-likeness (QED) is 0.762. The number of hydrogen-bond acceptors (Lipinski definition) is 4. The predicted molar refractivity (Wildman–Crippen MR) is 65.0 cm³/mol. The summed E-state index contributed by atoms with van der Waals surface area (Å²) in [5.41, 5.74) is -0.142. The molecule has 1 aromatic rings. The lowest BCUT2D eigenvalue weighted by atomic mass is 10.0. The standard InChI is InChI=1S/C10H15N3O4S/c14-10(15)8-6-9(12-11-8)13-18(16,17)7-4-2-1-3-5-7/h6-7H,1-5H2,(H,14,15)(H2,11,12,13). The van der Waals surface area contributed by atoms with E-state index in [-0.39, 0.29) is 11.5 Å². The molecule has 1 aliphatic carbocycles. The van der Waals surface area contributed by atoms with Gasteiger partial charge in [-0.1, -0.05) is 19.3 Å². The Bertz CT molecular complexity index is 531. The van der Waals surface area contributed by atoms with E-state index >= 15 is 0 Å². The van der Waals surface area contributed by atoms with Gasteiger partial charge in [0.15, 0.2) is 5.82 Å². The number of nitrogens with zero attached hydrogens (tertiary/aromatic N) is 1. The number of nitrogens with one attached hydrogen (secondary N) is 2. The predicted octanol–water partition coefficient (Wildman–Crippen LogP) is 1.18. The van der Waals surface area contributed by atoms with Gasteiger partial charge in [0.2, 0.25) is 10.0 Å². The van der Waals surface area contributed by atoms with Crippen LogP contribution in [0.2, 0.25) is 0 Å². The normalized spacial score (nSPS) is 17.6. The summed E-state index contributed by atoms with van der Waals surface area (Å²) >= 11 is 0. The molecular formula is C10H15N3O4S. The molecule has 18 heavy (non-hydrogen) atoms. The molecule has 0 radical (unpaired) electrons. The first-order valence-corrected chi connectivity index (χ1v) is 7.34. The van der Waals surface area contributed by atoms with Gasteiger partial charge in [-0.05, 0) is 12.8 Å². The molecule has 3 N–H and O–H groups in total. The molecule has 1 heterocycles. The molecule has 1 aromatic heterocycles. The third-order valence-electron chi connectivity index (χ3n) is 3.05. The molecular weight excluding hydrogens is 258 g/mol. The minimum atomic E-state index is -3.47. The van der Waals surface area contributed by atoms with E-state index in [9.17, 15) is 13.2 Å². The smallest absolute Gasteiger partial charge is 0.353 e. The fraction of sp³-hybridized carbons (Fsp3) is 0.600. The van der Waals surface area contributed by atoms with Crippen LogP contribution >= 0.6 is 0 Å². The van der Waals surface area contributed by atoms with Crippen molar-refractivity contribution in [2.45, 2.75) is 37.4 Å². The fourth-order valence-corrected chi connectivity index (χ4v) is 3.60. The molecule has 1 aliphatic rings. The average Bonchev–Trinajstić information content (AvgIpc) is 2.78. The molecule has 0 spiro atoms. The van der Waals surface area contributed by atoms with Crippen LogP contribution in [-0.2, 0) is 10.0 Å². The van der Waals surface area contributed by atoms with Crippen LogP contribution in [0.15, 0.2) is 6.07 Å². The third-order valence-corrected chi connectivity index (χ3v) is 4.89. The molecule has 0 bridgehead atoms. The first kappa shape index (κ1) is 12.9. The number of carbonyl (C=O) groups is 1. The van der Waals surface area contributed by atoms with Gasteiger partial charge in [-0.15, -0.1) is 0 Å². The Labute approximate surface area is 105 Å². The van der Waals surface area contributed by atoms with Crippen molar-refractivity contribution in [2.75, 3.05) is 4.72 Å². The number of aromatic nitrogens is 2. The van der Waals surface area contributed by atoms with Gasteiger partial charge in [-0.2, -0.15) is 5.10 Å². The van der Waals surface area contributed by atoms with Crippen LogP contribution in [0, 0.1) is 0 Å². The second-order valence-electron chi connectivity index (χ2n) is 4.38. The first-order valence-electron chi connectivity index (χ1n) is 5.79. The van der Waals surface area contributed by atoms with Crippen LogP contribution in [0.5, 0.6) is 0 Å². The Hall–Kier alpha value is -1.57. The number of carboxylic acid groups (broad SMARTS) is 1. The zero-order valence-electron chi connectivity index (χ0n) is 9.72. The van der Waals surface area contributed by atoms with Crippen LogP contribution in [0.4, 0.5) is 5.82 Å². The third kappa shape index (κ3) is 2.81. The van der Waals surface area contributed by atoms with Crippen LogP contribution in [0.3, 0.4) is 0 Å². The second-order valence-corrected chi connectivity index (χ2v) is 6.34. The maximum Gasteiger partial charge on any atom is 0.353 e. The number of hydrogen-bond donors (Lipinski definition) is 3. The lowest BCUT2D eigenvalue weighted by Gasteiger charge is -2.21. The van der Waals surface area contributed by atoms with Gasteiger partial charge in [0, 0.05) is 6.07 Å². The van der Waals surface area contributed by atoms with Gasteiger partial charge in [-0.3, -0.25) is 9.82 Å². The maximum absolute atomic E-state index is 12.0. The Kier molecular flexibility index (Phi) is 3.55. The minimum absolute atomic E-state index is 0.0259. The number of carboxylic acids is 1. The molecule has 0 aliphatic heterocycles. The number of anilines is 1. The van der Waals surface area contributed by atoms with Crippen LogP contribution in [0.25, 0.3) is 0 Å². The van der Waals surface area contributed by atoms with Crippen LogP contribution < -0.4 is 4.72 Å². The van der Waals surface area contributed by atoms with Gasteiger partial charge in [0.25, 0.3) is 0 Å².